The number of hydrogen-bond acceptors (Lipinski definition) is 6. The number of esters is 1. The average Bonchev–Trinajstić information content (AvgIpc) is 2.86. The molecule has 2 unspecified atom stereocenters. The van der Waals surface area contributed by atoms with E-state index in [1.165, 1.54) is 0 Å². The number of phenolic OH excluding ortho intramolecular Hbond substituents is 1. The Kier molecular flexibility index (Phi) is 8.14. The lowest BCUT2D eigenvalue weighted by Crippen LogP contribution is -2.45. The number of fused-ring (bicyclic) bond motifs is 1. The third-order valence-corrected chi connectivity index (χ3v) is 6.84. The molecule has 1 heterocycles. The summed E-state index contributed by atoms with van der Waals surface area (Å²) in [6, 6.07) is 16.3. The first kappa shape index (κ1) is 26.2. The van der Waals surface area contributed by atoms with E-state index in [0.29, 0.717) is 37.1 Å². The van der Waals surface area contributed by atoms with Crippen molar-refractivity contribution < 1.29 is 19.4 Å². The van der Waals surface area contributed by atoms with Crippen LogP contribution in [0.4, 0.5) is 5.69 Å². The van der Waals surface area contributed by atoms with Crippen molar-refractivity contribution in [3.8, 4) is 5.75 Å². The molecule has 37 heavy (non-hydrogen) atoms. The Bertz CT molecular complexity index is 1270. The number of benzene rings is 3. The maximum absolute atomic E-state index is 13.2. The van der Waals surface area contributed by atoms with Gasteiger partial charge in [-0.3, -0.25) is 4.79 Å². The fourth-order valence-electron chi connectivity index (χ4n) is 5.03. The third kappa shape index (κ3) is 6.12. The van der Waals surface area contributed by atoms with Gasteiger partial charge in [0.2, 0.25) is 5.91 Å². The number of rotatable bonds is 8. The molecular weight excluding hydrogens is 466 g/mol. The van der Waals surface area contributed by atoms with Crippen LogP contribution in [0.3, 0.4) is 0 Å². The quantitative estimate of drug-likeness (QED) is 0.342. The van der Waals surface area contributed by atoms with E-state index in [4.69, 9.17) is 10.5 Å². The van der Waals surface area contributed by atoms with E-state index in [1.807, 2.05) is 50.2 Å². The van der Waals surface area contributed by atoms with Crippen molar-refractivity contribution in [2.45, 2.75) is 52.1 Å². The van der Waals surface area contributed by atoms with Crippen LogP contribution < -0.4 is 16.4 Å². The molecule has 1 aliphatic heterocycles. The second-order valence-corrected chi connectivity index (χ2v) is 9.64. The molecule has 0 bridgehead atoms. The van der Waals surface area contributed by atoms with Gasteiger partial charge in [0.1, 0.15) is 5.75 Å². The number of ether oxygens (including phenoxy) is 1. The summed E-state index contributed by atoms with van der Waals surface area (Å²) in [5.41, 5.74) is 13.2. The van der Waals surface area contributed by atoms with E-state index in [0.717, 1.165) is 33.4 Å². The van der Waals surface area contributed by atoms with Gasteiger partial charge in [-0.2, -0.15) is 0 Å². The number of anilines is 1. The molecule has 1 amide bonds. The van der Waals surface area contributed by atoms with Crippen LogP contribution in [0.25, 0.3) is 0 Å². The zero-order valence-corrected chi connectivity index (χ0v) is 21.6. The van der Waals surface area contributed by atoms with Crippen LogP contribution in [0, 0.1) is 13.8 Å². The minimum absolute atomic E-state index is 0.201. The molecule has 0 radical (unpaired) electrons. The molecule has 3 aromatic rings. The number of nitrogens with one attached hydrogen (secondary N) is 2. The maximum atomic E-state index is 13.2. The number of amides is 1. The largest absolute Gasteiger partial charge is 0.508 e. The SMILES string of the molecule is CCOC(=O)c1cc(Cc2ccccc2)cc2c1NCCC2NC(=O)C(N)Cc1c(C)cc(O)cc1C. The molecule has 4 rings (SSSR count). The minimum atomic E-state index is -0.752. The van der Waals surface area contributed by atoms with Crippen molar-refractivity contribution in [1.29, 1.82) is 0 Å². The van der Waals surface area contributed by atoms with Crippen molar-refractivity contribution in [3.05, 3.63) is 93.5 Å². The van der Waals surface area contributed by atoms with E-state index >= 15 is 0 Å². The van der Waals surface area contributed by atoms with Gasteiger partial charge in [0.05, 0.1) is 29.9 Å². The van der Waals surface area contributed by atoms with Gasteiger partial charge in [-0.1, -0.05) is 36.4 Å². The Morgan fingerprint density at radius 2 is 1.81 bits per heavy atom. The molecule has 7 heteroatoms. The van der Waals surface area contributed by atoms with E-state index < -0.39 is 6.04 Å². The van der Waals surface area contributed by atoms with Gasteiger partial charge in [0, 0.05) is 6.54 Å². The summed E-state index contributed by atoms with van der Waals surface area (Å²) in [5.74, 6) is -0.439. The van der Waals surface area contributed by atoms with Crippen molar-refractivity contribution in [2.24, 2.45) is 5.73 Å². The number of hydrogen-bond donors (Lipinski definition) is 4. The molecule has 0 saturated carbocycles. The standard InChI is InChI=1S/C30H35N3O4/c1-4-37-30(36)25-16-21(14-20-8-6-5-7-9-20)15-24-27(10-11-32-28(24)25)33-29(35)26(31)17-23-18(2)12-22(34)13-19(23)3/h5-9,12-13,15-16,26-27,32,34H,4,10-11,14,17,31H2,1-3H3,(H,33,35). The lowest BCUT2D eigenvalue weighted by molar-refractivity contribution is -0.123. The van der Waals surface area contributed by atoms with Crippen molar-refractivity contribution in [3.63, 3.8) is 0 Å². The maximum Gasteiger partial charge on any atom is 0.340 e. The Labute approximate surface area is 218 Å². The summed E-state index contributed by atoms with van der Waals surface area (Å²) < 4.78 is 5.35. The van der Waals surface area contributed by atoms with Gasteiger partial charge in [-0.05, 0) is 91.6 Å². The first-order valence-corrected chi connectivity index (χ1v) is 12.7. The molecule has 194 valence electrons. The van der Waals surface area contributed by atoms with E-state index in [2.05, 4.69) is 16.7 Å². The normalized spacial score (nSPS) is 15.3. The first-order valence-electron chi connectivity index (χ1n) is 12.7. The minimum Gasteiger partial charge on any atom is -0.508 e. The van der Waals surface area contributed by atoms with Crippen molar-refractivity contribution in [2.75, 3.05) is 18.5 Å². The Morgan fingerprint density at radius 3 is 2.49 bits per heavy atom. The number of aryl methyl sites for hydroxylation is 2. The van der Waals surface area contributed by atoms with Crippen LogP contribution in [0.15, 0.2) is 54.6 Å². The predicted octanol–water partition coefficient (Wildman–Crippen LogP) is 4.32. The summed E-state index contributed by atoms with van der Waals surface area (Å²) in [4.78, 5) is 26.1. The topological polar surface area (TPSA) is 114 Å². The molecule has 3 aromatic carbocycles. The lowest BCUT2D eigenvalue weighted by Gasteiger charge is -2.30. The third-order valence-electron chi connectivity index (χ3n) is 6.84. The fourth-order valence-corrected chi connectivity index (χ4v) is 5.03. The van der Waals surface area contributed by atoms with Crippen LogP contribution in [-0.4, -0.2) is 36.2 Å². The Morgan fingerprint density at radius 1 is 1.11 bits per heavy atom. The Hall–Kier alpha value is -3.84. The lowest BCUT2D eigenvalue weighted by atomic mass is 9.90. The second kappa shape index (κ2) is 11.5. The van der Waals surface area contributed by atoms with Crippen LogP contribution in [-0.2, 0) is 22.4 Å². The van der Waals surface area contributed by atoms with Gasteiger partial charge in [-0.25, -0.2) is 4.79 Å². The molecular formula is C30H35N3O4. The van der Waals surface area contributed by atoms with Gasteiger partial charge in [-0.15, -0.1) is 0 Å². The number of aromatic hydroxyl groups is 1. The highest BCUT2D eigenvalue weighted by molar-refractivity contribution is 5.97. The highest BCUT2D eigenvalue weighted by Crippen LogP contribution is 2.35. The molecule has 0 aromatic heterocycles. The number of carbonyl (C=O) groups excluding carboxylic acids is 2. The predicted molar refractivity (Wildman–Crippen MR) is 145 cm³/mol. The number of nitrogens with two attached hydrogens (primary N) is 1. The average molecular weight is 502 g/mol. The van der Waals surface area contributed by atoms with Crippen LogP contribution in [0.2, 0.25) is 0 Å². The number of carbonyl (C=O) groups is 2. The number of phenols is 1. The highest BCUT2D eigenvalue weighted by Gasteiger charge is 2.29. The molecule has 0 aliphatic carbocycles. The van der Waals surface area contributed by atoms with E-state index in [9.17, 15) is 14.7 Å². The molecule has 0 spiro atoms. The smallest absolute Gasteiger partial charge is 0.340 e. The highest BCUT2D eigenvalue weighted by atomic mass is 16.5. The molecule has 7 nitrogen and oxygen atoms in total. The Balaban J connectivity index is 1.60. The fraction of sp³-hybridized carbons (Fsp3) is 0.333. The van der Waals surface area contributed by atoms with Gasteiger partial charge in [0.15, 0.2) is 0 Å². The second-order valence-electron chi connectivity index (χ2n) is 9.64. The summed E-state index contributed by atoms with van der Waals surface area (Å²) in [6.45, 7) is 6.48. The summed E-state index contributed by atoms with van der Waals surface area (Å²) in [5, 5.41) is 16.3. The molecule has 0 fully saturated rings. The van der Waals surface area contributed by atoms with Crippen molar-refractivity contribution in [1.82, 2.24) is 5.32 Å². The van der Waals surface area contributed by atoms with Crippen molar-refractivity contribution >= 4 is 17.6 Å². The zero-order valence-electron chi connectivity index (χ0n) is 21.6. The van der Waals surface area contributed by atoms with E-state index in [1.54, 1.807) is 19.1 Å². The summed E-state index contributed by atoms with van der Waals surface area (Å²) in [6.07, 6.45) is 1.68. The van der Waals surface area contributed by atoms with Crippen LogP contribution in [0.1, 0.15) is 63.1 Å². The summed E-state index contributed by atoms with van der Waals surface area (Å²) >= 11 is 0. The van der Waals surface area contributed by atoms with Crippen LogP contribution >= 0.6 is 0 Å². The van der Waals surface area contributed by atoms with Gasteiger partial charge < -0.3 is 26.2 Å². The first-order chi connectivity index (χ1) is 17.8. The van der Waals surface area contributed by atoms with E-state index in [-0.39, 0.29) is 30.3 Å². The van der Waals surface area contributed by atoms with Gasteiger partial charge in [0.25, 0.3) is 0 Å². The van der Waals surface area contributed by atoms with Crippen LogP contribution in [0.5, 0.6) is 5.75 Å². The zero-order chi connectivity index (χ0) is 26.5. The van der Waals surface area contributed by atoms with Gasteiger partial charge >= 0.3 is 5.97 Å². The molecule has 2 atom stereocenters. The summed E-state index contributed by atoms with van der Waals surface area (Å²) in [7, 11) is 0. The molecule has 0 saturated heterocycles. The molecule has 1 aliphatic rings. The molecule has 5 N–H and O–H groups in total. The monoisotopic (exact) mass is 501 g/mol.